The first kappa shape index (κ1) is 27.1. The molecule has 8 heteroatoms. The molecule has 1 aliphatic carbocycles. The normalized spacial score (nSPS) is 17.8. The van der Waals surface area contributed by atoms with E-state index in [0.29, 0.717) is 19.6 Å². The molecule has 2 atom stereocenters. The van der Waals surface area contributed by atoms with Crippen LogP contribution in [0.3, 0.4) is 0 Å². The summed E-state index contributed by atoms with van der Waals surface area (Å²) < 4.78 is 34.4. The predicted molar refractivity (Wildman–Crippen MR) is 153 cm³/mol. The molecule has 5 rings (SSSR count). The molecule has 3 aromatic carbocycles. The maximum absolute atomic E-state index is 11.4. The molecular formula is C31H35NO6S. The highest BCUT2D eigenvalue weighted by atomic mass is 32.2. The van der Waals surface area contributed by atoms with Gasteiger partial charge in [-0.25, -0.2) is 8.42 Å². The van der Waals surface area contributed by atoms with E-state index in [9.17, 15) is 13.2 Å². The Morgan fingerprint density at radius 1 is 1.10 bits per heavy atom. The lowest BCUT2D eigenvalue weighted by atomic mass is 9.90. The molecule has 39 heavy (non-hydrogen) atoms. The molecule has 1 unspecified atom stereocenters. The predicted octanol–water partition coefficient (Wildman–Crippen LogP) is 5.83. The average Bonchev–Trinajstić information content (AvgIpc) is 3.45. The van der Waals surface area contributed by atoms with Gasteiger partial charge < -0.3 is 19.9 Å². The van der Waals surface area contributed by atoms with Crippen LogP contribution in [-0.4, -0.2) is 44.7 Å². The SMILES string of the molecule is Cc1cc(OCCCS(C)(=O)=O)cc(C)c1-c1cccc2c1CCC2Nc1ccc2c(c1)OC[C@H]2CC(=O)O. The summed E-state index contributed by atoms with van der Waals surface area (Å²) >= 11 is 0. The molecule has 206 valence electrons. The Labute approximate surface area is 230 Å². The van der Waals surface area contributed by atoms with Crippen molar-refractivity contribution in [3.63, 3.8) is 0 Å². The van der Waals surface area contributed by atoms with Crippen LogP contribution in [0.1, 0.15) is 59.0 Å². The molecule has 2 aliphatic rings. The first-order chi connectivity index (χ1) is 18.6. The van der Waals surface area contributed by atoms with Gasteiger partial charge in [-0.05, 0) is 84.7 Å². The zero-order chi connectivity index (χ0) is 27.7. The third-order valence-electron chi connectivity index (χ3n) is 7.63. The first-order valence-corrected chi connectivity index (χ1v) is 15.4. The van der Waals surface area contributed by atoms with Crippen LogP contribution in [0.2, 0.25) is 0 Å². The molecule has 2 N–H and O–H groups in total. The number of anilines is 1. The summed E-state index contributed by atoms with van der Waals surface area (Å²) in [5.74, 6) is 0.742. The summed E-state index contributed by atoms with van der Waals surface area (Å²) in [6.45, 7) is 4.97. The highest BCUT2D eigenvalue weighted by Gasteiger charge is 2.29. The molecule has 0 radical (unpaired) electrons. The Kier molecular flexibility index (Phi) is 7.58. The van der Waals surface area contributed by atoms with Gasteiger partial charge in [0.15, 0.2) is 0 Å². The number of nitrogens with one attached hydrogen (secondary N) is 1. The van der Waals surface area contributed by atoms with Crippen LogP contribution in [0.5, 0.6) is 11.5 Å². The Balaban J connectivity index is 1.33. The number of carboxylic acid groups (broad SMARTS) is 1. The first-order valence-electron chi connectivity index (χ1n) is 13.4. The van der Waals surface area contributed by atoms with E-state index in [4.69, 9.17) is 14.6 Å². The van der Waals surface area contributed by atoms with E-state index in [1.807, 2.05) is 30.3 Å². The van der Waals surface area contributed by atoms with Crippen LogP contribution in [-0.2, 0) is 21.1 Å². The number of carboxylic acids is 1. The maximum Gasteiger partial charge on any atom is 0.304 e. The van der Waals surface area contributed by atoms with Crippen molar-refractivity contribution in [2.24, 2.45) is 0 Å². The second kappa shape index (κ2) is 10.9. The van der Waals surface area contributed by atoms with Crippen molar-refractivity contribution in [1.82, 2.24) is 0 Å². The minimum Gasteiger partial charge on any atom is -0.494 e. The van der Waals surface area contributed by atoms with Crippen molar-refractivity contribution in [1.29, 1.82) is 0 Å². The zero-order valence-electron chi connectivity index (χ0n) is 22.6. The molecule has 0 fully saturated rings. The third kappa shape index (κ3) is 6.06. The van der Waals surface area contributed by atoms with Crippen molar-refractivity contribution in [2.45, 2.75) is 51.5 Å². The van der Waals surface area contributed by atoms with Crippen molar-refractivity contribution in [2.75, 3.05) is 30.5 Å². The lowest BCUT2D eigenvalue weighted by molar-refractivity contribution is -0.137. The van der Waals surface area contributed by atoms with Crippen LogP contribution in [0, 0.1) is 13.8 Å². The Hall–Kier alpha value is -3.52. The molecule has 0 aromatic heterocycles. The monoisotopic (exact) mass is 549 g/mol. The van der Waals surface area contributed by atoms with Crippen LogP contribution < -0.4 is 14.8 Å². The van der Waals surface area contributed by atoms with E-state index >= 15 is 0 Å². The van der Waals surface area contributed by atoms with E-state index in [-0.39, 0.29) is 24.1 Å². The molecule has 0 spiro atoms. The number of carbonyl (C=O) groups is 1. The lowest BCUT2D eigenvalue weighted by Crippen LogP contribution is -2.08. The number of aliphatic carboxylic acids is 1. The Morgan fingerprint density at radius 2 is 1.87 bits per heavy atom. The third-order valence-corrected chi connectivity index (χ3v) is 8.66. The highest BCUT2D eigenvalue weighted by Crippen LogP contribution is 2.43. The van der Waals surface area contributed by atoms with Gasteiger partial charge in [0.1, 0.15) is 21.3 Å². The van der Waals surface area contributed by atoms with E-state index in [1.165, 1.54) is 28.5 Å². The quantitative estimate of drug-likeness (QED) is 0.307. The number of aryl methyl sites for hydroxylation is 2. The van der Waals surface area contributed by atoms with Crippen LogP contribution in [0.4, 0.5) is 5.69 Å². The summed E-state index contributed by atoms with van der Waals surface area (Å²) in [5.41, 5.74) is 9.29. The number of ether oxygens (including phenoxy) is 2. The molecule has 7 nitrogen and oxygen atoms in total. The van der Waals surface area contributed by atoms with E-state index in [1.54, 1.807) is 0 Å². The number of hydrogen-bond donors (Lipinski definition) is 2. The summed E-state index contributed by atoms with van der Waals surface area (Å²) in [6, 6.07) is 16.7. The minimum absolute atomic E-state index is 0.0771. The molecule has 1 aliphatic heterocycles. The summed E-state index contributed by atoms with van der Waals surface area (Å²) in [5, 5.41) is 12.8. The Bertz CT molecular complexity index is 1490. The smallest absolute Gasteiger partial charge is 0.304 e. The fourth-order valence-electron chi connectivity index (χ4n) is 5.93. The number of sulfone groups is 1. The fraction of sp³-hybridized carbons (Fsp3) is 0.387. The standard InChI is InChI=1S/C31H35NO6S/c1-19-14-23(37-12-5-13-39(3,35)36)15-20(2)31(19)27-7-4-6-26-25(27)10-11-28(26)32-22-8-9-24-21(16-30(33)34)18-38-29(24)17-22/h4,6-9,14-15,17,21,28,32H,5,10-13,16,18H2,1-3H3,(H,33,34)/t21-,28?/m1/s1. The van der Waals surface area contributed by atoms with Crippen LogP contribution in [0.15, 0.2) is 48.5 Å². The van der Waals surface area contributed by atoms with Gasteiger partial charge in [-0.2, -0.15) is 0 Å². The van der Waals surface area contributed by atoms with Crippen molar-refractivity contribution in [3.8, 4) is 22.6 Å². The Morgan fingerprint density at radius 3 is 2.59 bits per heavy atom. The van der Waals surface area contributed by atoms with Crippen LogP contribution >= 0.6 is 0 Å². The molecule has 0 saturated heterocycles. The van der Waals surface area contributed by atoms with Gasteiger partial charge in [0, 0.05) is 29.5 Å². The summed E-state index contributed by atoms with van der Waals surface area (Å²) in [6.07, 6.45) is 3.74. The molecule has 0 bridgehead atoms. The molecular weight excluding hydrogens is 514 g/mol. The second-order valence-electron chi connectivity index (χ2n) is 10.7. The maximum atomic E-state index is 11.4. The van der Waals surface area contributed by atoms with Crippen LogP contribution in [0.25, 0.3) is 11.1 Å². The topological polar surface area (TPSA) is 102 Å². The van der Waals surface area contributed by atoms with Gasteiger partial charge in [0.2, 0.25) is 0 Å². The largest absolute Gasteiger partial charge is 0.494 e. The van der Waals surface area contributed by atoms with E-state index in [2.05, 4.69) is 37.4 Å². The zero-order valence-corrected chi connectivity index (χ0v) is 23.4. The van der Waals surface area contributed by atoms with Gasteiger partial charge >= 0.3 is 5.97 Å². The molecule has 3 aromatic rings. The molecule has 1 heterocycles. The van der Waals surface area contributed by atoms with E-state index in [0.717, 1.165) is 46.7 Å². The molecule has 0 amide bonds. The number of fused-ring (bicyclic) bond motifs is 2. The minimum atomic E-state index is -2.99. The van der Waals surface area contributed by atoms with Gasteiger partial charge in [-0.1, -0.05) is 24.3 Å². The second-order valence-corrected chi connectivity index (χ2v) is 13.0. The molecule has 0 saturated carbocycles. The van der Waals surface area contributed by atoms with Gasteiger partial charge in [-0.3, -0.25) is 4.79 Å². The summed E-state index contributed by atoms with van der Waals surface area (Å²) in [7, 11) is -2.99. The number of rotatable bonds is 10. The number of benzene rings is 3. The lowest BCUT2D eigenvalue weighted by Gasteiger charge is -2.19. The highest BCUT2D eigenvalue weighted by molar-refractivity contribution is 7.90. The number of hydrogen-bond acceptors (Lipinski definition) is 6. The average molecular weight is 550 g/mol. The fourth-order valence-corrected chi connectivity index (χ4v) is 6.57. The van der Waals surface area contributed by atoms with Gasteiger partial charge in [0.25, 0.3) is 0 Å². The van der Waals surface area contributed by atoms with E-state index < -0.39 is 15.8 Å². The van der Waals surface area contributed by atoms with Crippen molar-refractivity contribution in [3.05, 3.63) is 76.3 Å². The van der Waals surface area contributed by atoms with Gasteiger partial charge in [-0.15, -0.1) is 0 Å². The van der Waals surface area contributed by atoms with Gasteiger partial charge in [0.05, 0.1) is 31.4 Å². The van der Waals surface area contributed by atoms with Crippen molar-refractivity contribution < 1.29 is 27.8 Å². The summed E-state index contributed by atoms with van der Waals surface area (Å²) in [4.78, 5) is 11.2. The van der Waals surface area contributed by atoms with Crippen molar-refractivity contribution >= 4 is 21.5 Å².